The van der Waals surface area contributed by atoms with Crippen molar-refractivity contribution in [3.05, 3.63) is 34.9 Å². The molecule has 0 fully saturated rings. The molecule has 0 saturated heterocycles. The largest absolute Gasteiger partial charge is 0.297 e. The van der Waals surface area contributed by atoms with Crippen molar-refractivity contribution in [1.82, 2.24) is 5.32 Å². The maximum absolute atomic E-state index is 5.92. The molecule has 1 N–H and O–H groups in total. The Bertz CT molecular complexity index is 350. The van der Waals surface area contributed by atoms with Crippen molar-refractivity contribution < 1.29 is 0 Å². The van der Waals surface area contributed by atoms with Crippen molar-refractivity contribution in [3.63, 3.8) is 0 Å². The summed E-state index contributed by atoms with van der Waals surface area (Å²) in [5.74, 6) is 2.56. The molecule has 1 aromatic rings. The number of rotatable bonds is 3. The van der Waals surface area contributed by atoms with Crippen LogP contribution in [0.3, 0.4) is 0 Å². The van der Waals surface area contributed by atoms with Crippen molar-refractivity contribution in [1.29, 1.82) is 0 Å². The predicted octanol–water partition coefficient (Wildman–Crippen LogP) is 2.80. The van der Waals surface area contributed by atoms with E-state index >= 15 is 0 Å². The van der Waals surface area contributed by atoms with Gasteiger partial charge in [-0.15, -0.1) is 6.42 Å². The molecule has 1 aromatic carbocycles. The van der Waals surface area contributed by atoms with E-state index < -0.39 is 0 Å². The van der Waals surface area contributed by atoms with E-state index in [2.05, 4.69) is 25.1 Å². The van der Waals surface area contributed by atoms with Gasteiger partial charge in [-0.3, -0.25) is 5.32 Å². The minimum atomic E-state index is -0.142. The van der Waals surface area contributed by atoms with Gasteiger partial charge in [-0.25, -0.2) is 0 Å². The molecule has 0 spiro atoms. The molecular formula is C12H14ClN. The third-order valence-corrected chi connectivity index (χ3v) is 2.41. The standard InChI is InChI=1S/C12H14ClN/c1-4-8-14-12(2,3)10-6-5-7-11(13)9-10/h1,5-7,9,14H,8H2,2-3H3. The summed E-state index contributed by atoms with van der Waals surface area (Å²) in [6, 6.07) is 7.79. The Balaban J connectivity index is 2.87. The van der Waals surface area contributed by atoms with Crippen LogP contribution in [0.4, 0.5) is 0 Å². The normalized spacial score (nSPS) is 11.0. The van der Waals surface area contributed by atoms with Crippen LogP contribution in [0.5, 0.6) is 0 Å². The van der Waals surface area contributed by atoms with Crippen LogP contribution in [-0.2, 0) is 5.54 Å². The summed E-state index contributed by atoms with van der Waals surface area (Å²) in [5, 5.41) is 4.01. The molecule has 0 aliphatic rings. The average molecular weight is 208 g/mol. The van der Waals surface area contributed by atoms with Crippen LogP contribution in [-0.4, -0.2) is 6.54 Å². The highest BCUT2D eigenvalue weighted by atomic mass is 35.5. The first-order valence-electron chi connectivity index (χ1n) is 4.51. The summed E-state index contributed by atoms with van der Waals surface area (Å²) in [4.78, 5) is 0. The number of hydrogen-bond acceptors (Lipinski definition) is 1. The molecule has 0 aliphatic carbocycles. The predicted molar refractivity (Wildman–Crippen MR) is 61.3 cm³/mol. The van der Waals surface area contributed by atoms with Gasteiger partial charge in [0.1, 0.15) is 0 Å². The Morgan fingerprint density at radius 2 is 2.21 bits per heavy atom. The summed E-state index contributed by atoms with van der Waals surface area (Å²) in [5.41, 5.74) is 0.998. The van der Waals surface area contributed by atoms with E-state index in [0.717, 1.165) is 10.6 Å². The van der Waals surface area contributed by atoms with Crippen LogP contribution in [0.1, 0.15) is 19.4 Å². The van der Waals surface area contributed by atoms with Crippen LogP contribution in [0.25, 0.3) is 0 Å². The highest BCUT2D eigenvalue weighted by Crippen LogP contribution is 2.22. The van der Waals surface area contributed by atoms with Gasteiger partial charge in [0, 0.05) is 10.6 Å². The molecule has 14 heavy (non-hydrogen) atoms. The van der Waals surface area contributed by atoms with Crippen molar-refractivity contribution in [2.24, 2.45) is 0 Å². The van der Waals surface area contributed by atoms with Crippen molar-refractivity contribution in [2.75, 3.05) is 6.54 Å². The van der Waals surface area contributed by atoms with E-state index in [1.165, 1.54) is 0 Å². The summed E-state index contributed by atoms with van der Waals surface area (Å²) in [6.07, 6.45) is 5.21. The van der Waals surface area contributed by atoms with Gasteiger partial charge in [0.25, 0.3) is 0 Å². The molecule has 0 radical (unpaired) electrons. The molecule has 0 atom stereocenters. The molecule has 0 unspecified atom stereocenters. The van der Waals surface area contributed by atoms with Gasteiger partial charge in [-0.1, -0.05) is 29.7 Å². The molecule has 0 bridgehead atoms. The molecule has 74 valence electrons. The first kappa shape index (κ1) is 11.1. The van der Waals surface area contributed by atoms with Crippen LogP contribution >= 0.6 is 11.6 Å². The maximum Gasteiger partial charge on any atom is 0.0580 e. The van der Waals surface area contributed by atoms with E-state index in [-0.39, 0.29) is 5.54 Å². The molecule has 0 heterocycles. The molecule has 0 aromatic heterocycles. The monoisotopic (exact) mass is 207 g/mol. The van der Waals surface area contributed by atoms with Gasteiger partial charge in [0.2, 0.25) is 0 Å². The summed E-state index contributed by atoms with van der Waals surface area (Å²) < 4.78 is 0. The lowest BCUT2D eigenvalue weighted by molar-refractivity contribution is 0.428. The lowest BCUT2D eigenvalue weighted by Crippen LogP contribution is -2.36. The summed E-state index contributed by atoms with van der Waals surface area (Å²) in [6.45, 7) is 4.71. The van der Waals surface area contributed by atoms with Crippen molar-refractivity contribution in [3.8, 4) is 12.3 Å². The van der Waals surface area contributed by atoms with E-state index in [0.29, 0.717) is 6.54 Å². The molecule has 1 nitrogen and oxygen atoms in total. The van der Waals surface area contributed by atoms with Crippen LogP contribution < -0.4 is 5.32 Å². The van der Waals surface area contributed by atoms with E-state index in [4.69, 9.17) is 18.0 Å². The van der Waals surface area contributed by atoms with Crippen LogP contribution in [0, 0.1) is 12.3 Å². The minimum absolute atomic E-state index is 0.142. The van der Waals surface area contributed by atoms with Gasteiger partial charge in [-0.05, 0) is 31.5 Å². The second-order valence-electron chi connectivity index (χ2n) is 3.69. The van der Waals surface area contributed by atoms with Gasteiger partial charge in [0.15, 0.2) is 0 Å². The zero-order valence-corrected chi connectivity index (χ0v) is 9.23. The zero-order valence-electron chi connectivity index (χ0n) is 8.47. The SMILES string of the molecule is C#CCNC(C)(C)c1cccc(Cl)c1. The number of terminal acetylenes is 1. The Morgan fingerprint density at radius 3 is 2.79 bits per heavy atom. The third kappa shape index (κ3) is 2.77. The van der Waals surface area contributed by atoms with Crippen molar-refractivity contribution >= 4 is 11.6 Å². The molecule has 0 amide bonds. The fourth-order valence-electron chi connectivity index (χ4n) is 1.25. The Hall–Kier alpha value is -0.970. The van der Waals surface area contributed by atoms with Gasteiger partial charge in [0.05, 0.1) is 6.54 Å². The molecule has 2 heteroatoms. The number of benzene rings is 1. The topological polar surface area (TPSA) is 12.0 Å². The van der Waals surface area contributed by atoms with Gasteiger partial charge >= 0.3 is 0 Å². The van der Waals surface area contributed by atoms with Crippen LogP contribution in [0.2, 0.25) is 5.02 Å². The highest BCUT2D eigenvalue weighted by molar-refractivity contribution is 6.30. The summed E-state index contributed by atoms with van der Waals surface area (Å²) in [7, 11) is 0. The van der Waals surface area contributed by atoms with E-state index in [9.17, 15) is 0 Å². The Kier molecular flexibility index (Phi) is 3.57. The van der Waals surface area contributed by atoms with Gasteiger partial charge in [-0.2, -0.15) is 0 Å². The maximum atomic E-state index is 5.92. The number of halogens is 1. The van der Waals surface area contributed by atoms with Gasteiger partial charge < -0.3 is 0 Å². The zero-order chi connectivity index (χ0) is 10.6. The fraction of sp³-hybridized carbons (Fsp3) is 0.333. The Morgan fingerprint density at radius 1 is 1.50 bits per heavy atom. The molecular weight excluding hydrogens is 194 g/mol. The smallest absolute Gasteiger partial charge is 0.0580 e. The minimum Gasteiger partial charge on any atom is -0.297 e. The van der Waals surface area contributed by atoms with Crippen molar-refractivity contribution in [2.45, 2.75) is 19.4 Å². The quantitative estimate of drug-likeness (QED) is 0.752. The second kappa shape index (κ2) is 4.50. The number of nitrogens with one attached hydrogen (secondary N) is 1. The first-order valence-corrected chi connectivity index (χ1v) is 4.88. The summed E-state index contributed by atoms with van der Waals surface area (Å²) >= 11 is 5.92. The molecule has 0 aliphatic heterocycles. The molecule has 0 saturated carbocycles. The molecule has 1 rings (SSSR count). The average Bonchev–Trinajstić information content (AvgIpc) is 2.15. The highest BCUT2D eigenvalue weighted by Gasteiger charge is 2.18. The Labute approximate surface area is 90.5 Å². The third-order valence-electron chi connectivity index (χ3n) is 2.18. The lowest BCUT2D eigenvalue weighted by atomic mass is 9.94. The van der Waals surface area contributed by atoms with E-state index in [1.807, 2.05) is 24.3 Å². The fourth-order valence-corrected chi connectivity index (χ4v) is 1.44. The van der Waals surface area contributed by atoms with Crippen LogP contribution in [0.15, 0.2) is 24.3 Å². The second-order valence-corrected chi connectivity index (χ2v) is 4.13. The number of hydrogen-bond donors (Lipinski definition) is 1. The van der Waals surface area contributed by atoms with E-state index in [1.54, 1.807) is 0 Å². The lowest BCUT2D eigenvalue weighted by Gasteiger charge is -2.26. The first-order chi connectivity index (χ1) is 6.56.